The molecular weight excluding hydrogens is 451 g/mol. The van der Waals surface area contributed by atoms with Gasteiger partial charge in [0, 0.05) is 20.5 Å². The van der Waals surface area contributed by atoms with Crippen molar-refractivity contribution < 1.29 is 13.2 Å². The molecule has 0 spiro atoms. The Morgan fingerprint density at radius 2 is 1.88 bits per heavy atom. The molecule has 3 rings (SSSR count). The van der Waals surface area contributed by atoms with Crippen molar-refractivity contribution in [1.29, 1.82) is 5.41 Å². The maximum Gasteiger partial charge on any atom is 0.261 e. The maximum absolute atomic E-state index is 11.6. The lowest BCUT2D eigenvalue weighted by molar-refractivity contribution is 0.412. The molecule has 2 aromatic carbocycles. The Balaban J connectivity index is 2.39. The number of methoxy groups -OCH3 is 1. The van der Waals surface area contributed by atoms with Crippen molar-refractivity contribution in [3.05, 3.63) is 57.4 Å². The molecule has 0 saturated carbocycles. The molecule has 0 fully saturated rings. The minimum absolute atomic E-state index is 0.00764. The zero-order valence-corrected chi connectivity index (χ0v) is 16.7. The molecule has 0 saturated heterocycles. The average molecular weight is 462 g/mol. The number of hydrogen-bond donors (Lipinski definition) is 1. The molecule has 0 unspecified atom stereocenters. The lowest BCUT2D eigenvalue weighted by atomic mass is 10.2. The monoisotopic (exact) mass is 460 g/mol. The standard InChI is InChI=1S/C16H11BrCl2N2O3S/c1-24-15-7-11(17)12(18)8-14(15)21-13-4-3-10(25(19,22)23)6-9(13)2-5-16(21)20/h2-8,20H,1H3. The third-order valence-corrected chi connectivity index (χ3v) is 6.19. The third kappa shape index (κ3) is 3.42. The molecule has 1 aromatic heterocycles. The van der Waals surface area contributed by atoms with Gasteiger partial charge in [-0.2, -0.15) is 0 Å². The molecule has 0 amide bonds. The van der Waals surface area contributed by atoms with Gasteiger partial charge in [-0.15, -0.1) is 0 Å². The van der Waals surface area contributed by atoms with Crippen LogP contribution in [-0.2, 0) is 9.05 Å². The first kappa shape index (κ1) is 18.3. The Morgan fingerprint density at radius 1 is 1.16 bits per heavy atom. The second-order valence-electron chi connectivity index (χ2n) is 5.15. The summed E-state index contributed by atoms with van der Waals surface area (Å²) < 4.78 is 30.8. The first-order chi connectivity index (χ1) is 11.7. The highest BCUT2D eigenvalue weighted by Crippen LogP contribution is 2.34. The molecule has 130 valence electrons. The zero-order chi connectivity index (χ0) is 18.4. The van der Waals surface area contributed by atoms with Crippen molar-refractivity contribution in [2.45, 2.75) is 4.90 Å². The predicted octanol–water partition coefficient (Wildman–Crippen LogP) is 4.46. The summed E-state index contributed by atoms with van der Waals surface area (Å²) in [5.41, 5.74) is 1.37. The zero-order valence-electron chi connectivity index (χ0n) is 12.8. The van der Waals surface area contributed by atoms with Crippen LogP contribution in [0.15, 0.2) is 51.8 Å². The third-order valence-electron chi connectivity index (χ3n) is 3.65. The molecule has 0 aliphatic rings. The Hall–Kier alpha value is -1.54. The lowest BCUT2D eigenvalue weighted by Gasteiger charge is -2.16. The van der Waals surface area contributed by atoms with Gasteiger partial charge in [0.15, 0.2) is 0 Å². The Bertz CT molecular complexity index is 1160. The van der Waals surface area contributed by atoms with Crippen molar-refractivity contribution >= 4 is 58.2 Å². The summed E-state index contributed by atoms with van der Waals surface area (Å²) in [6.07, 6.45) is 0. The fourth-order valence-corrected chi connectivity index (χ4v) is 3.78. The fourth-order valence-electron chi connectivity index (χ4n) is 2.51. The van der Waals surface area contributed by atoms with E-state index in [1.807, 2.05) is 0 Å². The van der Waals surface area contributed by atoms with Crippen LogP contribution in [-0.4, -0.2) is 20.1 Å². The first-order valence-corrected chi connectivity index (χ1v) is 10.4. The molecule has 5 nitrogen and oxygen atoms in total. The van der Waals surface area contributed by atoms with Crippen LogP contribution >= 0.6 is 38.2 Å². The van der Waals surface area contributed by atoms with E-state index < -0.39 is 9.05 Å². The second kappa shape index (κ2) is 6.64. The van der Waals surface area contributed by atoms with E-state index in [4.69, 9.17) is 32.4 Å². The van der Waals surface area contributed by atoms with E-state index in [1.54, 1.807) is 34.9 Å². The number of fused-ring (bicyclic) bond motifs is 1. The van der Waals surface area contributed by atoms with Gasteiger partial charge in [0.05, 0.1) is 28.2 Å². The van der Waals surface area contributed by atoms with Gasteiger partial charge in [0.2, 0.25) is 0 Å². The van der Waals surface area contributed by atoms with Gasteiger partial charge >= 0.3 is 0 Å². The number of halogens is 3. The number of benzene rings is 2. The van der Waals surface area contributed by atoms with E-state index in [2.05, 4.69) is 15.9 Å². The SMILES string of the molecule is COc1cc(Br)c(Cl)cc1-n1c(=N)ccc2cc(S(=O)(=O)Cl)ccc21. The number of rotatable bonds is 3. The van der Waals surface area contributed by atoms with Gasteiger partial charge in [-0.25, -0.2) is 8.42 Å². The van der Waals surface area contributed by atoms with Crippen molar-refractivity contribution in [2.24, 2.45) is 0 Å². The molecule has 0 atom stereocenters. The van der Waals surface area contributed by atoms with Crippen molar-refractivity contribution in [3.63, 3.8) is 0 Å². The Labute approximate surface area is 161 Å². The van der Waals surface area contributed by atoms with Crippen LogP contribution in [0.1, 0.15) is 0 Å². The summed E-state index contributed by atoms with van der Waals surface area (Å²) in [5, 5.41) is 9.34. The molecule has 3 aromatic rings. The van der Waals surface area contributed by atoms with Crippen molar-refractivity contribution in [2.75, 3.05) is 7.11 Å². The average Bonchev–Trinajstić information content (AvgIpc) is 2.56. The molecule has 9 heteroatoms. The number of nitrogens with one attached hydrogen (secondary N) is 1. The lowest BCUT2D eigenvalue weighted by Crippen LogP contribution is -2.18. The van der Waals surface area contributed by atoms with Crippen LogP contribution in [0.3, 0.4) is 0 Å². The Kier molecular flexibility index (Phi) is 4.85. The normalized spacial score (nSPS) is 11.7. The molecular formula is C16H11BrCl2N2O3S. The second-order valence-corrected chi connectivity index (χ2v) is 8.98. The van der Waals surface area contributed by atoms with Gasteiger partial charge < -0.3 is 4.74 Å². The molecule has 1 heterocycles. The first-order valence-electron chi connectivity index (χ1n) is 6.91. The highest BCUT2D eigenvalue weighted by molar-refractivity contribution is 9.10. The van der Waals surface area contributed by atoms with Gasteiger partial charge in [-0.1, -0.05) is 11.6 Å². The van der Waals surface area contributed by atoms with Gasteiger partial charge in [-0.3, -0.25) is 9.98 Å². The summed E-state index contributed by atoms with van der Waals surface area (Å²) in [6.45, 7) is 0. The highest BCUT2D eigenvalue weighted by atomic mass is 79.9. The number of hydrogen-bond acceptors (Lipinski definition) is 4. The highest BCUT2D eigenvalue weighted by Gasteiger charge is 2.15. The van der Waals surface area contributed by atoms with E-state index >= 15 is 0 Å². The predicted molar refractivity (Wildman–Crippen MR) is 101 cm³/mol. The number of pyridine rings is 1. The summed E-state index contributed by atoms with van der Waals surface area (Å²) in [5.74, 6) is 0.510. The van der Waals surface area contributed by atoms with Crippen LogP contribution in [0.25, 0.3) is 16.6 Å². The molecule has 0 radical (unpaired) electrons. The smallest absolute Gasteiger partial charge is 0.261 e. The van der Waals surface area contributed by atoms with Gasteiger partial charge in [0.25, 0.3) is 9.05 Å². The topological polar surface area (TPSA) is 72.2 Å². The largest absolute Gasteiger partial charge is 0.495 e. The number of ether oxygens (including phenoxy) is 1. The van der Waals surface area contributed by atoms with Crippen LogP contribution in [0.4, 0.5) is 0 Å². The van der Waals surface area contributed by atoms with E-state index in [1.165, 1.54) is 19.2 Å². The van der Waals surface area contributed by atoms with Crippen LogP contribution in [0.5, 0.6) is 5.75 Å². The minimum Gasteiger partial charge on any atom is -0.495 e. The summed E-state index contributed by atoms with van der Waals surface area (Å²) in [7, 11) is 3.10. The maximum atomic E-state index is 11.6. The van der Waals surface area contributed by atoms with Crippen molar-refractivity contribution in [3.8, 4) is 11.4 Å². The number of aromatic nitrogens is 1. The Morgan fingerprint density at radius 3 is 2.52 bits per heavy atom. The van der Waals surface area contributed by atoms with E-state index in [9.17, 15) is 8.42 Å². The molecule has 25 heavy (non-hydrogen) atoms. The van der Waals surface area contributed by atoms with Gasteiger partial charge in [-0.05, 0) is 58.4 Å². The minimum atomic E-state index is -3.84. The molecule has 0 aliphatic carbocycles. The fraction of sp³-hybridized carbons (Fsp3) is 0.0625. The van der Waals surface area contributed by atoms with Crippen LogP contribution in [0.2, 0.25) is 5.02 Å². The van der Waals surface area contributed by atoms with E-state index in [-0.39, 0.29) is 10.4 Å². The van der Waals surface area contributed by atoms with Crippen molar-refractivity contribution in [1.82, 2.24) is 4.57 Å². The van der Waals surface area contributed by atoms with E-state index in [0.29, 0.717) is 31.8 Å². The molecule has 1 N–H and O–H groups in total. The molecule has 0 bridgehead atoms. The summed E-state index contributed by atoms with van der Waals surface area (Å²) in [6, 6.07) is 11.1. The number of nitrogens with zero attached hydrogens (tertiary/aromatic N) is 1. The van der Waals surface area contributed by atoms with E-state index in [0.717, 1.165) is 0 Å². The summed E-state index contributed by atoms with van der Waals surface area (Å²) in [4.78, 5) is -0.00764. The van der Waals surface area contributed by atoms with Crippen LogP contribution in [0, 0.1) is 5.41 Å². The molecule has 0 aliphatic heterocycles. The quantitative estimate of drug-likeness (QED) is 0.585. The van der Waals surface area contributed by atoms with Gasteiger partial charge in [0.1, 0.15) is 11.2 Å². The summed E-state index contributed by atoms with van der Waals surface area (Å²) >= 11 is 9.55. The van der Waals surface area contributed by atoms with Crippen LogP contribution < -0.4 is 10.2 Å².